The van der Waals surface area contributed by atoms with Crippen molar-refractivity contribution >= 4 is 17.5 Å². The van der Waals surface area contributed by atoms with Crippen LogP contribution in [0.1, 0.15) is 41.6 Å². The Bertz CT molecular complexity index is 386. The van der Waals surface area contributed by atoms with Gasteiger partial charge in [-0.3, -0.25) is 4.79 Å². The van der Waals surface area contributed by atoms with Gasteiger partial charge < -0.3 is 0 Å². The van der Waals surface area contributed by atoms with Gasteiger partial charge in [0.05, 0.1) is 0 Å². The summed E-state index contributed by atoms with van der Waals surface area (Å²) in [5.41, 5.74) is 2.24. The molecule has 0 N–H and O–H groups in total. The fraction of sp³-hybridized carbons (Fsp3) is 0.533. The maximum absolute atomic E-state index is 12.4. The number of carbonyl (C=O) groups is 1. The number of carbonyl (C=O) groups excluding carboxylic acids is 1. The van der Waals surface area contributed by atoms with Gasteiger partial charge in [-0.25, -0.2) is 0 Å². The summed E-state index contributed by atoms with van der Waals surface area (Å²) in [6.45, 7) is 0. The van der Waals surface area contributed by atoms with Crippen molar-refractivity contribution < 1.29 is 4.79 Å². The molecule has 1 aliphatic carbocycles. The Hall–Kier alpha value is -0.760. The average molecular weight is 248 g/mol. The van der Waals surface area contributed by atoms with Gasteiger partial charge in [-0.05, 0) is 49.7 Å². The summed E-state index contributed by atoms with van der Waals surface area (Å²) in [6, 6.07) is 8.14. The first-order chi connectivity index (χ1) is 8.33. The molecule has 0 heterocycles. The summed E-state index contributed by atoms with van der Waals surface area (Å²) in [5.74, 6) is 1.83. The van der Waals surface area contributed by atoms with Gasteiger partial charge >= 0.3 is 0 Å². The van der Waals surface area contributed by atoms with E-state index < -0.39 is 0 Å². The van der Waals surface area contributed by atoms with Gasteiger partial charge in [0.2, 0.25) is 0 Å². The van der Waals surface area contributed by atoms with Gasteiger partial charge in [-0.1, -0.05) is 24.3 Å². The van der Waals surface area contributed by atoms with E-state index in [1.165, 1.54) is 17.7 Å². The van der Waals surface area contributed by atoms with E-state index in [0.717, 1.165) is 31.2 Å². The fourth-order valence-electron chi connectivity index (χ4n) is 2.62. The quantitative estimate of drug-likeness (QED) is 0.592. The second kappa shape index (κ2) is 6.25. The molecular weight excluding hydrogens is 228 g/mol. The molecule has 1 nitrogen and oxygen atoms in total. The maximum Gasteiger partial charge on any atom is 0.166 e. The predicted molar refractivity (Wildman–Crippen MR) is 74.8 cm³/mol. The lowest BCUT2D eigenvalue weighted by Crippen LogP contribution is -2.14. The van der Waals surface area contributed by atoms with E-state index in [2.05, 4.69) is 12.3 Å². The Morgan fingerprint density at radius 3 is 3.00 bits per heavy atom. The van der Waals surface area contributed by atoms with E-state index in [9.17, 15) is 4.79 Å². The van der Waals surface area contributed by atoms with Crippen LogP contribution in [0, 0.1) is 5.92 Å². The van der Waals surface area contributed by atoms with Crippen LogP contribution in [0.15, 0.2) is 24.3 Å². The van der Waals surface area contributed by atoms with Crippen LogP contribution in [0.25, 0.3) is 0 Å². The summed E-state index contributed by atoms with van der Waals surface area (Å²) < 4.78 is 0. The number of Topliss-reactive ketones (excluding diaryl/α,β-unsaturated/α-hetero) is 1. The molecule has 0 spiro atoms. The van der Waals surface area contributed by atoms with Gasteiger partial charge in [-0.2, -0.15) is 11.8 Å². The largest absolute Gasteiger partial charge is 0.294 e. The topological polar surface area (TPSA) is 17.1 Å². The number of benzene rings is 1. The van der Waals surface area contributed by atoms with Crippen molar-refractivity contribution in [2.24, 2.45) is 5.92 Å². The zero-order chi connectivity index (χ0) is 12.1. The molecule has 0 saturated heterocycles. The summed E-state index contributed by atoms with van der Waals surface area (Å²) in [4.78, 5) is 12.4. The van der Waals surface area contributed by atoms with Gasteiger partial charge in [0, 0.05) is 11.5 Å². The van der Waals surface area contributed by atoms with Crippen LogP contribution >= 0.6 is 11.8 Å². The number of ketones is 1. The first-order valence-corrected chi connectivity index (χ1v) is 7.83. The Labute approximate surface area is 108 Å². The standard InChI is InChI=1S/C15H20OS/c1-17-11-5-9-13-8-4-7-12-6-2-3-10-14(12)15(13)16/h2-3,6,10,13H,4-5,7-9,11H2,1H3. The molecule has 1 unspecified atom stereocenters. The van der Waals surface area contributed by atoms with Crippen molar-refractivity contribution in [2.75, 3.05) is 12.0 Å². The SMILES string of the molecule is CSCCCC1CCCc2ccccc2C1=O. The third-order valence-electron chi connectivity index (χ3n) is 3.55. The summed E-state index contributed by atoms with van der Waals surface area (Å²) in [5, 5.41) is 0. The normalized spacial score (nSPS) is 19.8. The van der Waals surface area contributed by atoms with E-state index in [1.807, 2.05) is 30.0 Å². The Morgan fingerprint density at radius 1 is 1.35 bits per heavy atom. The smallest absolute Gasteiger partial charge is 0.166 e. The fourth-order valence-corrected chi connectivity index (χ4v) is 3.07. The third kappa shape index (κ3) is 3.12. The lowest BCUT2D eigenvalue weighted by Gasteiger charge is -2.13. The molecule has 0 bridgehead atoms. The van der Waals surface area contributed by atoms with E-state index >= 15 is 0 Å². The average Bonchev–Trinajstić information content (AvgIpc) is 2.51. The second-order valence-corrected chi connectivity index (χ2v) is 5.73. The van der Waals surface area contributed by atoms with E-state index in [0.29, 0.717) is 5.78 Å². The lowest BCUT2D eigenvalue weighted by atomic mass is 9.91. The molecule has 0 aliphatic heterocycles. The van der Waals surface area contributed by atoms with E-state index in [1.54, 1.807) is 0 Å². The van der Waals surface area contributed by atoms with Crippen LogP contribution in [0.3, 0.4) is 0 Å². The van der Waals surface area contributed by atoms with Crippen molar-refractivity contribution in [3.63, 3.8) is 0 Å². The van der Waals surface area contributed by atoms with Crippen LogP contribution in [-0.2, 0) is 6.42 Å². The highest BCUT2D eigenvalue weighted by Gasteiger charge is 2.24. The molecule has 1 aromatic carbocycles. The van der Waals surface area contributed by atoms with Gasteiger partial charge in [0.15, 0.2) is 5.78 Å². The molecular formula is C15H20OS. The molecule has 2 heteroatoms. The number of rotatable bonds is 4. The molecule has 0 fully saturated rings. The minimum absolute atomic E-state index is 0.269. The molecule has 1 atom stereocenters. The number of hydrogen-bond acceptors (Lipinski definition) is 2. The Morgan fingerprint density at radius 2 is 2.18 bits per heavy atom. The zero-order valence-corrected chi connectivity index (χ0v) is 11.3. The van der Waals surface area contributed by atoms with Crippen molar-refractivity contribution in [1.29, 1.82) is 0 Å². The summed E-state index contributed by atoms with van der Waals surface area (Å²) >= 11 is 1.87. The lowest BCUT2D eigenvalue weighted by molar-refractivity contribution is 0.0909. The minimum Gasteiger partial charge on any atom is -0.294 e. The highest BCUT2D eigenvalue weighted by Crippen LogP contribution is 2.27. The Balaban J connectivity index is 2.09. The van der Waals surface area contributed by atoms with Crippen molar-refractivity contribution in [3.8, 4) is 0 Å². The first kappa shape index (κ1) is 12.7. The molecule has 1 aromatic rings. The van der Waals surface area contributed by atoms with E-state index in [4.69, 9.17) is 0 Å². The molecule has 2 rings (SSSR count). The van der Waals surface area contributed by atoms with Crippen LogP contribution in [0.2, 0.25) is 0 Å². The highest BCUT2D eigenvalue weighted by molar-refractivity contribution is 7.98. The maximum atomic E-state index is 12.4. The van der Waals surface area contributed by atoms with Gasteiger partial charge in [0.1, 0.15) is 0 Å². The van der Waals surface area contributed by atoms with Crippen molar-refractivity contribution in [1.82, 2.24) is 0 Å². The van der Waals surface area contributed by atoms with Crippen molar-refractivity contribution in [3.05, 3.63) is 35.4 Å². The van der Waals surface area contributed by atoms with E-state index in [-0.39, 0.29) is 5.92 Å². The monoisotopic (exact) mass is 248 g/mol. The minimum atomic E-state index is 0.269. The van der Waals surface area contributed by atoms with Crippen LogP contribution < -0.4 is 0 Å². The summed E-state index contributed by atoms with van der Waals surface area (Å²) in [6.07, 6.45) is 7.66. The van der Waals surface area contributed by atoms with Crippen LogP contribution in [0.4, 0.5) is 0 Å². The first-order valence-electron chi connectivity index (χ1n) is 6.44. The predicted octanol–water partition coefficient (Wildman–Crippen LogP) is 3.97. The van der Waals surface area contributed by atoms with Crippen LogP contribution in [-0.4, -0.2) is 17.8 Å². The number of hydrogen-bond donors (Lipinski definition) is 0. The van der Waals surface area contributed by atoms with Crippen molar-refractivity contribution in [2.45, 2.75) is 32.1 Å². The molecule has 0 aromatic heterocycles. The molecule has 1 aliphatic rings. The summed E-state index contributed by atoms with van der Waals surface area (Å²) in [7, 11) is 0. The van der Waals surface area contributed by atoms with Crippen LogP contribution in [0.5, 0.6) is 0 Å². The number of thioether (sulfide) groups is 1. The van der Waals surface area contributed by atoms with Gasteiger partial charge in [0.25, 0.3) is 0 Å². The Kier molecular flexibility index (Phi) is 4.66. The molecule has 0 amide bonds. The highest BCUT2D eigenvalue weighted by atomic mass is 32.2. The molecule has 92 valence electrons. The van der Waals surface area contributed by atoms with Gasteiger partial charge in [-0.15, -0.1) is 0 Å². The number of fused-ring (bicyclic) bond motifs is 1. The number of aryl methyl sites for hydroxylation is 1. The molecule has 17 heavy (non-hydrogen) atoms. The molecule has 0 radical (unpaired) electrons. The third-order valence-corrected chi connectivity index (χ3v) is 4.25. The zero-order valence-electron chi connectivity index (χ0n) is 10.4. The second-order valence-electron chi connectivity index (χ2n) is 4.75. The molecule has 0 saturated carbocycles.